The standard InChI is InChI=1S/C15H18N2O3/c1-10(4-6-12-3-2-8-20-12)17-14-9-11(16)5-7-13(14)15(18)19/h2-3,5,7-10,17H,4,6,16H2,1H3,(H,18,19). The summed E-state index contributed by atoms with van der Waals surface area (Å²) < 4.78 is 5.27. The van der Waals surface area contributed by atoms with Crippen molar-refractivity contribution in [1.82, 2.24) is 0 Å². The lowest BCUT2D eigenvalue weighted by atomic mass is 10.1. The van der Waals surface area contributed by atoms with Crippen molar-refractivity contribution in [3.8, 4) is 0 Å². The van der Waals surface area contributed by atoms with Crippen LogP contribution in [0.25, 0.3) is 0 Å². The molecule has 0 aliphatic rings. The summed E-state index contributed by atoms with van der Waals surface area (Å²) in [4.78, 5) is 11.2. The molecule has 0 amide bonds. The zero-order valence-corrected chi connectivity index (χ0v) is 11.3. The number of nitrogens with two attached hydrogens (primary N) is 1. The molecule has 1 aromatic heterocycles. The van der Waals surface area contributed by atoms with Crippen LogP contribution in [0.5, 0.6) is 0 Å². The zero-order chi connectivity index (χ0) is 14.5. The Bertz CT molecular complexity index is 579. The molecule has 0 aliphatic carbocycles. The first-order valence-electron chi connectivity index (χ1n) is 6.48. The molecule has 20 heavy (non-hydrogen) atoms. The summed E-state index contributed by atoms with van der Waals surface area (Å²) in [5.41, 5.74) is 7.02. The van der Waals surface area contributed by atoms with Crippen molar-refractivity contribution in [3.63, 3.8) is 0 Å². The summed E-state index contributed by atoms with van der Waals surface area (Å²) in [6.45, 7) is 2.00. The number of aryl methyl sites for hydroxylation is 1. The van der Waals surface area contributed by atoms with Gasteiger partial charge in [-0.15, -0.1) is 0 Å². The molecule has 1 atom stereocenters. The van der Waals surface area contributed by atoms with Gasteiger partial charge >= 0.3 is 5.97 Å². The number of carboxylic acids is 1. The number of nitrogen functional groups attached to an aromatic ring is 1. The van der Waals surface area contributed by atoms with Crippen LogP contribution in [-0.4, -0.2) is 17.1 Å². The highest BCUT2D eigenvalue weighted by atomic mass is 16.4. The molecule has 2 rings (SSSR count). The Morgan fingerprint density at radius 3 is 2.90 bits per heavy atom. The SMILES string of the molecule is CC(CCc1ccco1)Nc1cc(N)ccc1C(=O)O. The Morgan fingerprint density at radius 1 is 1.45 bits per heavy atom. The second kappa shape index (κ2) is 6.14. The lowest BCUT2D eigenvalue weighted by Gasteiger charge is -2.17. The van der Waals surface area contributed by atoms with E-state index in [1.54, 1.807) is 18.4 Å². The maximum atomic E-state index is 11.2. The molecule has 4 N–H and O–H groups in total. The van der Waals surface area contributed by atoms with Crippen molar-refractivity contribution in [3.05, 3.63) is 47.9 Å². The molecule has 0 spiro atoms. The highest BCUT2D eigenvalue weighted by molar-refractivity contribution is 5.95. The Labute approximate surface area is 117 Å². The molecule has 0 saturated carbocycles. The predicted molar refractivity (Wildman–Crippen MR) is 77.9 cm³/mol. The number of hydrogen-bond acceptors (Lipinski definition) is 4. The van der Waals surface area contributed by atoms with Crippen molar-refractivity contribution in [2.45, 2.75) is 25.8 Å². The highest BCUT2D eigenvalue weighted by Crippen LogP contribution is 2.21. The number of carbonyl (C=O) groups is 1. The first-order chi connectivity index (χ1) is 9.56. The fraction of sp³-hybridized carbons (Fsp3) is 0.267. The Balaban J connectivity index is 2.01. The van der Waals surface area contributed by atoms with Gasteiger partial charge in [0, 0.05) is 18.2 Å². The maximum Gasteiger partial charge on any atom is 0.337 e. The van der Waals surface area contributed by atoms with Gasteiger partial charge in [0.25, 0.3) is 0 Å². The second-order valence-corrected chi connectivity index (χ2v) is 4.77. The van der Waals surface area contributed by atoms with E-state index in [2.05, 4.69) is 5.32 Å². The monoisotopic (exact) mass is 274 g/mol. The van der Waals surface area contributed by atoms with E-state index in [0.29, 0.717) is 11.4 Å². The van der Waals surface area contributed by atoms with Gasteiger partial charge in [-0.05, 0) is 43.7 Å². The fourth-order valence-electron chi connectivity index (χ4n) is 2.02. The number of furan rings is 1. The summed E-state index contributed by atoms with van der Waals surface area (Å²) in [6, 6.07) is 8.64. The smallest absolute Gasteiger partial charge is 0.337 e. The minimum Gasteiger partial charge on any atom is -0.478 e. The molecule has 0 fully saturated rings. The van der Waals surface area contributed by atoms with Gasteiger partial charge in [-0.1, -0.05) is 0 Å². The number of anilines is 2. The number of nitrogens with one attached hydrogen (secondary N) is 1. The quantitative estimate of drug-likeness (QED) is 0.705. The van der Waals surface area contributed by atoms with Gasteiger partial charge in [0.05, 0.1) is 17.5 Å². The molecule has 1 heterocycles. The Morgan fingerprint density at radius 2 is 2.25 bits per heavy atom. The summed E-state index contributed by atoms with van der Waals surface area (Å²) in [6.07, 6.45) is 3.28. The van der Waals surface area contributed by atoms with Gasteiger partial charge in [-0.25, -0.2) is 4.79 Å². The summed E-state index contributed by atoms with van der Waals surface area (Å²) in [7, 11) is 0. The molecule has 1 unspecified atom stereocenters. The largest absolute Gasteiger partial charge is 0.478 e. The zero-order valence-electron chi connectivity index (χ0n) is 11.3. The summed E-state index contributed by atoms with van der Waals surface area (Å²) in [5.74, 6) is -0.0459. The maximum absolute atomic E-state index is 11.2. The molecular weight excluding hydrogens is 256 g/mol. The number of aromatic carboxylic acids is 1. The number of rotatable bonds is 6. The van der Waals surface area contributed by atoms with Crippen LogP contribution >= 0.6 is 0 Å². The van der Waals surface area contributed by atoms with Crippen LogP contribution < -0.4 is 11.1 Å². The van der Waals surface area contributed by atoms with Gasteiger partial charge in [0.2, 0.25) is 0 Å². The third-order valence-corrected chi connectivity index (χ3v) is 3.08. The first kappa shape index (κ1) is 14.0. The molecule has 2 aromatic rings. The van der Waals surface area contributed by atoms with Crippen molar-refractivity contribution in [1.29, 1.82) is 0 Å². The third-order valence-electron chi connectivity index (χ3n) is 3.08. The van der Waals surface area contributed by atoms with Crippen LogP contribution in [0.2, 0.25) is 0 Å². The fourth-order valence-corrected chi connectivity index (χ4v) is 2.02. The molecule has 0 aliphatic heterocycles. The molecule has 5 heteroatoms. The van der Waals surface area contributed by atoms with Crippen LogP contribution in [0.1, 0.15) is 29.5 Å². The average molecular weight is 274 g/mol. The predicted octanol–water partition coefficient (Wildman–Crippen LogP) is 2.99. The molecule has 5 nitrogen and oxygen atoms in total. The number of carboxylic acid groups (broad SMARTS) is 1. The van der Waals surface area contributed by atoms with Crippen LogP contribution in [0.3, 0.4) is 0 Å². The van der Waals surface area contributed by atoms with Gasteiger partial charge in [-0.3, -0.25) is 0 Å². The van der Waals surface area contributed by atoms with E-state index in [4.69, 9.17) is 15.3 Å². The van der Waals surface area contributed by atoms with Gasteiger partial charge in [0.1, 0.15) is 5.76 Å². The normalized spacial score (nSPS) is 12.1. The number of benzene rings is 1. The van der Waals surface area contributed by atoms with E-state index in [1.165, 1.54) is 6.07 Å². The van der Waals surface area contributed by atoms with Gasteiger partial charge in [0.15, 0.2) is 0 Å². The summed E-state index contributed by atoms with van der Waals surface area (Å²) >= 11 is 0. The third kappa shape index (κ3) is 3.54. The lowest BCUT2D eigenvalue weighted by molar-refractivity contribution is 0.0698. The van der Waals surface area contributed by atoms with E-state index < -0.39 is 5.97 Å². The minimum atomic E-state index is -0.967. The van der Waals surface area contributed by atoms with Gasteiger partial charge in [-0.2, -0.15) is 0 Å². The Kier molecular flexibility index (Phi) is 4.30. The second-order valence-electron chi connectivity index (χ2n) is 4.77. The van der Waals surface area contributed by atoms with Gasteiger partial charge < -0.3 is 20.6 Å². The van der Waals surface area contributed by atoms with Crippen molar-refractivity contribution < 1.29 is 14.3 Å². The number of hydrogen-bond donors (Lipinski definition) is 3. The van der Waals surface area contributed by atoms with E-state index in [-0.39, 0.29) is 11.6 Å². The first-order valence-corrected chi connectivity index (χ1v) is 6.48. The van der Waals surface area contributed by atoms with E-state index in [1.807, 2.05) is 19.1 Å². The van der Waals surface area contributed by atoms with E-state index >= 15 is 0 Å². The topological polar surface area (TPSA) is 88.5 Å². The molecular formula is C15H18N2O3. The minimum absolute atomic E-state index is 0.111. The van der Waals surface area contributed by atoms with Crippen molar-refractivity contribution in [2.24, 2.45) is 0 Å². The average Bonchev–Trinajstić information content (AvgIpc) is 2.89. The molecule has 0 radical (unpaired) electrons. The highest BCUT2D eigenvalue weighted by Gasteiger charge is 2.12. The molecule has 0 bridgehead atoms. The van der Waals surface area contributed by atoms with Crippen LogP contribution in [-0.2, 0) is 6.42 Å². The van der Waals surface area contributed by atoms with Crippen molar-refractivity contribution in [2.75, 3.05) is 11.1 Å². The van der Waals surface area contributed by atoms with E-state index in [9.17, 15) is 4.79 Å². The van der Waals surface area contributed by atoms with Crippen molar-refractivity contribution >= 4 is 17.3 Å². The Hall–Kier alpha value is -2.43. The lowest BCUT2D eigenvalue weighted by Crippen LogP contribution is -2.18. The summed E-state index contributed by atoms with van der Waals surface area (Å²) in [5, 5.41) is 12.3. The van der Waals surface area contributed by atoms with E-state index in [0.717, 1.165) is 18.6 Å². The van der Waals surface area contributed by atoms with Crippen LogP contribution in [0.4, 0.5) is 11.4 Å². The molecule has 0 saturated heterocycles. The molecule has 1 aromatic carbocycles. The molecule has 106 valence electrons. The van der Waals surface area contributed by atoms with Crippen LogP contribution in [0, 0.1) is 0 Å². The van der Waals surface area contributed by atoms with Crippen LogP contribution in [0.15, 0.2) is 41.0 Å².